The van der Waals surface area contributed by atoms with Crippen LogP contribution in [-0.2, 0) is 0 Å². The number of rotatable bonds is 6. The van der Waals surface area contributed by atoms with Crippen molar-refractivity contribution in [2.75, 3.05) is 13.1 Å². The Morgan fingerprint density at radius 2 is 1.87 bits per heavy atom. The third-order valence-electron chi connectivity index (χ3n) is 3.81. The molecule has 0 saturated heterocycles. The summed E-state index contributed by atoms with van der Waals surface area (Å²) in [6, 6.07) is 1.26. The first-order valence-electron chi connectivity index (χ1n) is 6.77. The average molecular weight is 212 g/mol. The van der Waals surface area contributed by atoms with Crippen molar-refractivity contribution in [3.8, 4) is 0 Å². The van der Waals surface area contributed by atoms with E-state index in [-0.39, 0.29) is 0 Å². The molecular formula is C13H28N2. The predicted molar refractivity (Wildman–Crippen MR) is 67.0 cm³/mol. The Hall–Kier alpha value is -0.0800. The molecule has 2 nitrogen and oxygen atoms in total. The normalized spacial score (nSPS) is 20.8. The standard InChI is InChI=1S/C13H28N2/c1-3-12(14)10-11-15(4-2)13-8-6-5-7-9-13/h12-13H,3-11,14H2,1-2H3. The van der Waals surface area contributed by atoms with Crippen LogP contribution in [0.1, 0.15) is 58.8 Å². The van der Waals surface area contributed by atoms with Crippen molar-refractivity contribution in [2.45, 2.75) is 70.9 Å². The highest BCUT2D eigenvalue weighted by molar-refractivity contribution is 4.76. The van der Waals surface area contributed by atoms with Crippen LogP contribution in [0, 0.1) is 0 Å². The van der Waals surface area contributed by atoms with Crippen molar-refractivity contribution in [1.29, 1.82) is 0 Å². The van der Waals surface area contributed by atoms with E-state index in [1.165, 1.54) is 51.6 Å². The Morgan fingerprint density at radius 1 is 1.20 bits per heavy atom. The fraction of sp³-hybridized carbons (Fsp3) is 1.00. The summed E-state index contributed by atoms with van der Waals surface area (Å²) in [5.74, 6) is 0. The maximum atomic E-state index is 5.98. The smallest absolute Gasteiger partial charge is 0.00951 e. The zero-order valence-electron chi connectivity index (χ0n) is 10.5. The molecule has 90 valence electrons. The van der Waals surface area contributed by atoms with Crippen LogP contribution in [0.5, 0.6) is 0 Å². The summed E-state index contributed by atoms with van der Waals surface area (Å²) in [6.45, 7) is 6.87. The van der Waals surface area contributed by atoms with Gasteiger partial charge in [-0.25, -0.2) is 0 Å². The fourth-order valence-electron chi connectivity index (χ4n) is 2.58. The molecule has 0 heterocycles. The van der Waals surface area contributed by atoms with Gasteiger partial charge < -0.3 is 10.6 Å². The van der Waals surface area contributed by atoms with Gasteiger partial charge in [-0.05, 0) is 38.8 Å². The van der Waals surface area contributed by atoms with E-state index in [1.54, 1.807) is 0 Å². The first-order chi connectivity index (χ1) is 7.27. The molecule has 0 bridgehead atoms. The molecule has 2 heteroatoms. The second-order valence-corrected chi connectivity index (χ2v) is 4.88. The quantitative estimate of drug-likeness (QED) is 0.733. The third kappa shape index (κ3) is 4.52. The summed E-state index contributed by atoms with van der Waals surface area (Å²) in [6.07, 6.45) is 9.41. The molecular weight excluding hydrogens is 184 g/mol. The van der Waals surface area contributed by atoms with E-state index in [9.17, 15) is 0 Å². The molecule has 2 N–H and O–H groups in total. The molecule has 1 atom stereocenters. The van der Waals surface area contributed by atoms with Crippen LogP contribution in [-0.4, -0.2) is 30.1 Å². The van der Waals surface area contributed by atoms with Crippen LogP contribution in [0.15, 0.2) is 0 Å². The van der Waals surface area contributed by atoms with Gasteiger partial charge in [0.15, 0.2) is 0 Å². The highest BCUT2D eigenvalue weighted by Gasteiger charge is 2.19. The largest absolute Gasteiger partial charge is 0.328 e. The summed E-state index contributed by atoms with van der Waals surface area (Å²) in [5.41, 5.74) is 5.98. The molecule has 0 aromatic heterocycles. The Kier molecular flexibility index (Phi) is 6.26. The lowest BCUT2D eigenvalue weighted by Crippen LogP contribution is -2.39. The maximum absolute atomic E-state index is 5.98. The van der Waals surface area contributed by atoms with Gasteiger partial charge in [0.1, 0.15) is 0 Å². The summed E-state index contributed by atoms with van der Waals surface area (Å²) in [7, 11) is 0. The Bertz CT molecular complexity index is 153. The molecule has 1 rings (SSSR count). The van der Waals surface area contributed by atoms with Gasteiger partial charge in [-0.1, -0.05) is 33.1 Å². The fourth-order valence-corrected chi connectivity index (χ4v) is 2.58. The molecule has 0 aromatic carbocycles. The number of hydrogen-bond acceptors (Lipinski definition) is 2. The summed E-state index contributed by atoms with van der Waals surface area (Å²) < 4.78 is 0. The van der Waals surface area contributed by atoms with E-state index >= 15 is 0 Å². The van der Waals surface area contributed by atoms with Gasteiger partial charge in [0.25, 0.3) is 0 Å². The minimum Gasteiger partial charge on any atom is -0.328 e. The van der Waals surface area contributed by atoms with Crippen molar-refractivity contribution >= 4 is 0 Å². The van der Waals surface area contributed by atoms with E-state index in [2.05, 4.69) is 18.7 Å². The number of nitrogens with zero attached hydrogens (tertiary/aromatic N) is 1. The van der Waals surface area contributed by atoms with Crippen molar-refractivity contribution < 1.29 is 0 Å². The van der Waals surface area contributed by atoms with Gasteiger partial charge in [0, 0.05) is 12.1 Å². The second kappa shape index (κ2) is 7.24. The van der Waals surface area contributed by atoms with Gasteiger partial charge in [-0.2, -0.15) is 0 Å². The molecule has 0 spiro atoms. The molecule has 0 aliphatic heterocycles. The predicted octanol–water partition coefficient (Wildman–Crippen LogP) is 2.77. The zero-order chi connectivity index (χ0) is 11.1. The van der Waals surface area contributed by atoms with Crippen LogP contribution in [0.2, 0.25) is 0 Å². The van der Waals surface area contributed by atoms with Gasteiger partial charge in [0.2, 0.25) is 0 Å². The van der Waals surface area contributed by atoms with E-state index in [4.69, 9.17) is 5.73 Å². The first kappa shape index (κ1) is 13.0. The van der Waals surface area contributed by atoms with Crippen molar-refractivity contribution in [3.05, 3.63) is 0 Å². The van der Waals surface area contributed by atoms with Crippen LogP contribution < -0.4 is 5.73 Å². The Labute approximate surface area is 95.2 Å². The van der Waals surface area contributed by atoms with Crippen molar-refractivity contribution in [2.24, 2.45) is 5.73 Å². The van der Waals surface area contributed by atoms with E-state index < -0.39 is 0 Å². The zero-order valence-corrected chi connectivity index (χ0v) is 10.5. The number of nitrogens with two attached hydrogens (primary N) is 1. The molecule has 0 aromatic rings. The molecule has 0 amide bonds. The lowest BCUT2D eigenvalue weighted by atomic mass is 9.94. The lowest BCUT2D eigenvalue weighted by molar-refractivity contribution is 0.158. The Morgan fingerprint density at radius 3 is 2.40 bits per heavy atom. The van der Waals surface area contributed by atoms with Gasteiger partial charge in [-0.15, -0.1) is 0 Å². The maximum Gasteiger partial charge on any atom is 0.00951 e. The lowest BCUT2D eigenvalue weighted by Gasteiger charge is -2.34. The summed E-state index contributed by atoms with van der Waals surface area (Å²) in [5, 5.41) is 0. The molecule has 1 aliphatic carbocycles. The van der Waals surface area contributed by atoms with Crippen molar-refractivity contribution in [1.82, 2.24) is 4.90 Å². The van der Waals surface area contributed by atoms with Gasteiger partial charge in [-0.3, -0.25) is 0 Å². The molecule has 1 saturated carbocycles. The van der Waals surface area contributed by atoms with Crippen LogP contribution in [0.3, 0.4) is 0 Å². The monoisotopic (exact) mass is 212 g/mol. The van der Waals surface area contributed by atoms with E-state index in [0.717, 1.165) is 12.5 Å². The van der Waals surface area contributed by atoms with Crippen LogP contribution in [0.25, 0.3) is 0 Å². The minimum absolute atomic E-state index is 0.405. The molecule has 0 radical (unpaired) electrons. The minimum atomic E-state index is 0.405. The van der Waals surface area contributed by atoms with E-state index in [0.29, 0.717) is 6.04 Å². The number of hydrogen-bond donors (Lipinski definition) is 1. The molecule has 15 heavy (non-hydrogen) atoms. The second-order valence-electron chi connectivity index (χ2n) is 4.88. The molecule has 1 fully saturated rings. The third-order valence-corrected chi connectivity index (χ3v) is 3.81. The highest BCUT2D eigenvalue weighted by atomic mass is 15.1. The Balaban J connectivity index is 2.27. The molecule has 1 aliphatic rings. The van der Waals surface area contributed by atoms with Gasteiger partial charge in [0.05, 0.1) is 0 Å². The SMILES string of the molecule is CCC(N)CCN(CC)C1CCCCC1. The van der Waals surface area contributed by atoms with Gasteiger partial charge >= 0.3 is 0 Å². The van der Waals surface area contributed by atoms with Crippen LogP contribution >= 0.6 is 0 Å². The first-order valence-corrected chi connectivity index (χ1v) is 6.77. The average Bonchev–Trinajstić information content (AvgIpc) is 2.31. The molecule has 1 unspecified atom stereocenters. The van der Waals surface area contributed by atoms with Crippen LogP contribution in [0.4, 0.5) is 0 Å². The highest BCUT2D eigenvalue weighted by Crippen LogP contribution is 2.22. The van der Waals surface area contributed by atoms with Crippen molar-refractivity contribution in [3.63, 3.8) is 0 Å². The van der Waals surface area contributed by atoms with E-state index in [1.807, 2.05) is 0 Å². The topological polar surface area (TPSA) is 29.3 Å². The summed E-state index contributed by atoms with van der Waals surface area (Å²) >= 11 is 0. The summed E-state index contributed by atoms with van der Waals surface area (Å²) in [4.78, 5) is 2.65.